The highest BCUT2D eigenvalue weighted by Crippen LogP contribution is 2.41. The number of likely N-dealkylation sites (N-methyl/N-ethyl adjacent to an activating group) is 1. The third kappa shape index (κ3) is 3.30. The molecule has 0 saturated carbocycles. The van der Waals surface area contributed by atoms with Crippen LogP contribution in [0.25, 0.3) is 0 Å². The number of aromatic nitrogens is 4. The van der Waals surface area contributed by atoms with E-state index in [9.17, 15) is 9.59 Å². The van der Waals surface area contributed by atoms with Crippen molar-refractivity contribution < 1.29 is 9.59 Å². The average Bonchev–Trinajstić information content (AvgIpc) is 3.23. The minimum absolute atomic E-state index is 0.000666. The molecule has 2 aromatic rings. The third-order valence-electron chi connectivity index (χ3n) is 6.24. The first-order valence-corrected chi connectivity index (χ1v) is 10.1. The molecule has 10 nitrogen and oxygen atoms in total. The Hall–Kier alpha value is -3.01. The Morgan fingerprint density at radius 3 is 2.57 bits per heavy atom. The van der Waals surface area contributed by atoms with Crippen LogP contribution in [-0.4, -0.2) is 79.0 Å². The van der Waals surface area contributed by atoms with Crippen molar-refractivity contribution in [2.24, 2.45) is 0 Å². The van der Waals surface area contributed by atoms with Gasteiger partial charge >= 0.3 is 6.03 Å². The van der Waals surface area contributed by atoms with Gasteiger partial charge in [-0.2, -0.15) is 5.10 Å². The van der Waals surface area contributed by atoms with Crippen molar-refractivity contribution in [3.63, 3.8) is 0 Å². The average molecular weight is 412 g/mol. The Labute approximate surface area is 175 Å². The second kappa shape index (κ2) is 7.35. The summed E-state index contributed by atoms with van der Waals surface area (Å²) in [7, 11) is 2.09. The topological polar surface area (TPSA) is 110 Å². The lowest BCUT2D eigenvalue weighted by atomic mass is 10.0. The molecular formula is C20H28N8O2. The summed E-state index contributed by atoms with van der Waals surface area (Å²) >= 11 is 0. The minimum Gasteiger partial charge on any atom is -0.319 e. The summed E-state index contributed by atoms with van der Waals surface area (Å²) in [6, 6.07) is 2.08. The molecule has 4 rings (SSSR count). The minimum atomic E-state index is -0.571. The number of amides is 3. The van der Waals surface area contributed by atoms with Crippen molar-refractivity contribution in [1.82, 2.24) is 34.9 Å². The van der Waals surface area contributed by atoms with E-state index < -0.39 is 11.4 Å². The largest absolute Gasteiger partial charge is 0.321 e. The summed E-state index contributed by atoms with van der Waals surface area (Å²) in [5.74, 6) is 0.0410. The van der Waals surface area contributed by atoms with Gasteiger partial charge in [0.2, 0.25) is 5.82 Å². The summed E-state index contributed by atoms with van der Waals surface area (Å²) in [6.07, 6.45) is 3.03. The Bertz CT molecular complexity index is 957. The van der Waals surface area contributed by atoms with Crippen LogP contribution in [0.1, 0.15) is 49.6 Å². The molecule has 160 valence electrons. The van der Waals surface area contributed by atoms with E-state index in [1.54, 1.807) is 6.07 Å². The molecule has 1 fully saturated rings. The van der Waals surface area contributed by atoms with E-state index in [-0.39, 0.29) is 17.9 Å². The lowest BCUT2D eigenvalue weighted by Crippen LogP contribution is -2.60. The molecule has 2 atom stereocenters. The van der Waals surface area contributed by atoms with E-state index in [0.29, 0.717) is 24.9 Å². The van der Waals surface area contributed by atoms with Gasteiger partial charge in [0.05, 0.1) is 17.8 Å². The number of nitrogens with one attached hydrogen (secondary N) is 2. The highest BCUT2D eigenvalue weighted by Gasteiger charge is 2.46. The van der Waals surface area contributed by atoms with Gasteiger partial charge in [0.15, 0.2) is 5.82 Å². The van der Waals surface area contributed by atoms with Crippen LogP contribution in [0, 0.1) is 0 Å². The first-order chi connectivity index (χ1) is 14.2. The van der Waals surface area contributed by atoms with Crippen LogP contribution in [0.5, 0.6) is 0 Å². The van der Waals surface area contributed by atoms with Crippen LogP contribution < -0.4 is 5.32 Å². The summed E-state index contributed by atoms with van der Waals surface area (Å²) < 4.78 is 0. The van der Waals surface area contributed by atoms with Crippen LogP contribution in [0.4, 0.5) is 10.6 Å². The molecule has 2 aromatic heterocycles. The zero-order chi connectivity index (χ0) is 21.6. The van der Waals surface area contributed by atoms with Crippen LogP contribution in [-0.2, 0) is 12.1 Å². The van der Waals surface area contributed by atoms with Gasteiger partial charge in [0, 0.05) is 43.1 Å². The van der Waals surface area contributed by atoms with Gasteiger partial charge in [0.1, 0.15) is 0 Å². The molecule has 2 N–H and O–H groups in total. The van der Waals surface area contributed by atoms with Crippen molar-refractivity contribution >= 4 is 17.8 Å². The SMILES string of the molecule is C[C@@H]1CN(C(=O)N2Cc3c(NC(=O)c4ncccn4)n[nH]c3C2(C)C)[C@@H](C)CN1C. The summed E-state index contributed by atoms with van der Waals surface area (Å²) in [5, 5.41) is 10.1. The van der Waals surface area contributed by atoms with Gasteiger partial charge < -0.3 is 15.1 Å². The molecule has 30 heavy (non-hydrogen) atoms. The fourth-order valence-electron chi connectivity index (χ4n) is 4.23. The highest BCUT2D eigenvalue weighted by molar-refractivity contribution is 6.01. The monoisotopic (exact) mass is 412 g/mol. The van der Waals surface area contributed by atoms with Crippen molar-refractivity contribution in [1.29, 1.82) is 0 Å². The number of carbonyl (C=O) groups is 2. The Morgan fingerprint density at radius 2 is 1.87 bits per heavy atom. The highest BCUT2D eigenvalue weighted by atomic mass is 16.2. The molecule has 0 bridgehead atoms. The molecule has 0 spiro atoms. The Kier molecular flexibility index (Phi) is 4.97. The lowest BCUT2D eigenvalue weighted by Gasteiger charge is -2.45. The van der Waals surface area contributed by atoms with Gasteiger partial charge in [0.25, 0.3) is 5.91 Å². The molecule has 10 heteroatoms. The second-order valence-corrected chi connectivity index (χ2v) is 8.67. The maximum Gasteiger partial charge on any atom is 0.321 e. The number of rotatable bonds is 2. The number of fused-ring (bicyclic) bond motifs is 1. The molecule has 4 heterocycles. The Balaban J connectivity index is 1.55. The van der Waals surface area contributed by atoms with E-state index >= 15 is 0 Å². The van der Waals surface area contributed by atoms with E-state index in [2.05, 4.69) is 51.3 Å². The van der Waals surface area contributed by atoms with E-state index in [1.165, 1.54) is 12.4 Å². The number of aromatic amines is 1. The zero-order valence-corrected chi connectivity index (χ0v) is 18.0. The number of hydrogen-bond acceptors (Lipinski definition) is 6. The van der Waals surface area contributed by atoms with Crippen molar-refractivity contribution in [2.45, 2.75) is 51.9 Å². The molecule has 0 radical (unpaired) electrons. The molecule has 0 aromatic carbocycles. The smallest absolute Gasteiger partial charge is 0.319 e. The molecule has 3 amide bonds. The molecule has 2 aliphatic heterocycles. The van der Waals surface area contributed by atoms with E-state index in [0.717, 1.165) is 17.8 Å². The van der Waals surface area contributed by atoms with Gasteiger partial charge in [-0.05, 0) is 40.8 Å². The number of nitrogens with zero attached hydrogens (tertiary/aromatic N) is 6. The van der Waals surface area contributed by atoms with E-state index in [4.69, 9.17) is 0 Å². The fourth-order valence-corrected chi connectivity index (χ4v) is 4.23. The van der Waals surface area contributed by atoms with E-state index in [1.807, 2.05) is 23.6 Å². The molecule has 2 aliphatic rings. The van der Waals surface area contributed by atoms with Gasteiger partial charge in [-0.3, -0.25) is 14.8 Å². The number of piperazine rings is 1. The molecular weight excluding hydrogens is 384 g/mol. The van der Waals surface area contributed by atoms with Crippen LogP contribution in [0.3, 0.4) is 0 Å². The van der Waals surface area contributed by atoms with Gasteiger partial charge in [-0.15, -0.1) is 0 Å². The van der Waals surface area contributed by atoms with Crippen molar-refractivity contribution in [2.75, 3.05) is 25.5 Å². The Morgan fingerprint density at radius 1 is 1.17 bits per heavy atom. The quantitative estimate of drug-likeness (QED) is 0.776. The van der Waals surface area contributed by atoms with Gasteiger partial charge in [-0.25, -0.2) is 14.8 Å². The lowest BCUT2D eigenvalue weighted by molar-refractivity contribution is 0.0457. The number of carbonyl (C=O) groups excluding carboxylic acids is 2. The van der Waals surface area contributed by atoms with Crippen LogP contribution in [0.2, 0.25) is 0 Å². The predicted octanol–water partition coefficient (Wildman–Crippen LogP) is 1.65. The molecule has 0 aliphatic carbocycles. The summed E-state index contributed by atoms with van der Waals surface area (Å²) in [5.41, 5.74) is 1.07. The third-order valence-corrected chi connectivity index (χ3v) is 6.24. The predicted molar refractivity (Wildman–Crippen MR) is 111 cm³/mol. The van der Waals surface area contributed by atoms with Crippen LogP contribution >= 0.6 is 0 Å². The maximum atomic E-state index is 13.5. The van der Waals surface area contributed by atoms with Crippen LogP contribution in [0.15, 0.2) is 18.5 Å². The summed E-state index contributed by atoms with van der Waals surface area (Å²) in [6.45, 7) is 10.1. The fraction of sp³-hybridized carbons (Fsp3) is 0.550. The molecule has 0 unspecified atom stereocenters. The first-order valence-electron chi connectivity index (χ1n) is 10.1. The van der Waals surface area contributed by atoms with Crippen molar-refractivity contribution in [3.8, 4) is 0 Å². The molecule has 1 saturated heterocycles. The summed E-state index contributed by atoms with van der Waals surface area (Å²) in [4.78, 5) is 40.0. The first kappa shape index (κ1) is 20.3. The number of urea groups is 1. The number of hydrogen-bond donors (Lipinski definition) is 2. The zero-order valence-electron chi connectivity index (χ0n) is 18.0. The number of H-pyrrole nitrogens is 1. The number of anilines is 1. The van der Waals surface area contributed by atoms with Gasteiger partial charge in [-0.1, -0.05) is 0 Å². The normalized spacial score (nSPS) is 23.4. The maximum absolute atomic E-state index is 13.5. The second-order valence-electron chi connectivity index (χ2n) is 8.67. The van der Waals surface area contributed by atoms with Crippen molar-refractivity contribution in [3.05, 3.63) is 35.5 Å². The standard InChI is InChI=1S/C20H28N8O2/c1-12-10-27(13(2)9-26(12)5)19(30)28-11-14-15(20(28,3)4)24-25-16(14)23-18(29)17-21-7-6-8-22-17/h6-8,12-13H,9-11H2,1-5H3,(H2,23,24,25,29)/t12-,13+/m1/s1.